The fourth-order valence-electron chi connectivity index (χ4n) is 3.60. The molecule has 2 aliphatic heterocycles. The normalized spacial score (nSPS) is 18.8. The van der Waals surface area contributed by atoms with Crippen LogP contribution in [0.3, 0.4) is 0 Å². The summed E-state index contributed by atoms with van der Waals surface area (Å²) in [4.78, 5) is 35.3. The molecule has 8 heteroatoms. The van der Waals surface area contributed by atoms with Gasteiger partial charge in [-0.3, -0.25) is 14.5 Å². The monoisotopic (exact) mass is 371 g/mol. The molecule has 0 N–H and O–H groups in total. The number of piperazine rings is 1. The highest BCUT2D eigenvalue weighted by Gasteiger charge is 2.25. The molecule has 8 nitrogen and oxygen atoms in total. The van der Waals surface area contributed by atoms with Gasteiger partial charge in [0.1, 0.15) is 5.65 Å². The van der Waals surface area contributed by atoms with Crippen molar-refractivity contribution in [3.05, 3.63) is 36.3 Å². The number of ether oxygens (including phenoxy) is 1. The standard InChI is InChI=1S/C19H25N5O3/c25-18(13-16-14-24-4-2-1-3-17(24)20-16)22-7-5-21(6-8-22)15-19(26)23-9-11-27-12-10-23/h1-4,14H,5-13,15H2. The van der Waals surface area contributed by atoms with Crippen molar-refractivity contribution in [2.75, 3.05) is 59.0 Å². The molecule has 2 aromatic heterocycles. The lowest BCUT2D eigenvalue weighted by atomic mass is 10.2. The van der Waals surface area contributed by atoms with E-state index < -0.39 is 0 Å². The molecule has 2 amide bonds. The quantitative estimate of drug-likeness (QED) is 0.750. The van der Waals surface area contributed by atoms with Crippen molar-refractivity contribution < 1.29 is 14.3 Å². The largest absolute Gasteiger partial charge is 0.378 e. The number of carbonyl (C=O) groups is 2. The minimum Gasteiger partial charge on any atom is -0.378 e. The Kier molecular flexibility index (Phi) is 5.35. The maximum atomic E-state index is 12.6. The van der Waals surface area contributed by atoms with Crippen molar-refractivity contribution in [1.82, 2.24) is 24.1 Å². The average Bonchev–Trinajstić information content (AvgIpc) is 3.11. The molecule has 27 heavy (non-hydrogen) atoms. The van der Waals surface area contributed by atoms with E-state index in [4.69, 9.17) is 4.74 Å². The van der Waals surface area contributed by atoms with E-state index in [0.29, 0.717) is 52.4 Å². The molecule has 0 aliphatic carbocycles. The van der Waals surface area contributed by atoms with Crippen molar-refractivity contribution in [1.29, 1.82) is 0 Å². The van der Waals surface area contributed by atoms with E-state index in [-0.39, 0.29) is 11.8 Å². The van der Waals surface area contributed by atoms with Crippen LogP contribution in [0.4, 0.5) is 0 Å². The molecule has 0 bridgehead atoms. The van der Waals surface area contributed by atoms with Crippen LogP contribution in [0.15, 0.2) is 30.6 Å². The van der Waals surface area contributed by atoms with Crippen LogP contribution in [0, 0.1) is 0 Å². The van der Waals surface area contributed by atoms with E-state index >= 15 is 0 Å². The molecular formula is C19H25N5O3. The number of fused-ring (bicyclic) bond motifs is 1. The molecule has 2 aliphatic rings. The zero-order chi connectivity index (χ0) is 18.6. The van der Waals surface area contributed by atoms with Crippen LogP contribution in [0.25, 0.3) is 5.65 Å². The molecule has 2 saturated heterocycles. The lowest BCUT2D eigenvalue weighted by molar-refractivity contribution is -0.137. The minimum absolute atomic E-state index is 0.0950. The van der Waals surface area contributed by atoms with Crippen LogP contribution < -0.4 is 0 Å². The Morgan fingerprint density at radius 1 is 0.963 bits per heavy atom. The van der Waals surface area contributed by atoms with Crippen molar-refractivity contribution in [3.63, 3.8) is 0 Å². The van der Waals surface area contributed by atoms with Gasteiger partial charge >= 0.3 is 0 Å². The smallest absolute Gasteiger partial charge is 0.236 e. The van der Waals surface area contributed by atoms with E-state index in [2.05, 4.69) is 9.88 Å². The van der Waals surface area contributed by atoms with Gasteiger partial charge in [0.15, 0.2) is 0 Å². The second-order valence-corrected chi connectivity index (χ2v) is 7.03. The Morgan fingerprint density at radius 2 is 1.70 bits per heavy atom. The number of pyridine rings is 1. The number of morpholine rings is 1. The SMILES string of the molecule is O=C(Cc1cn2ccccc2n1)N1CCN(CC(=O)N2CCOCC2)CC1. The van der Waals surface area contributed by atoms with E-state index in [1.54, 1.807) is 0 Å². The van der Waals surface area contributed by atoms with Crippen molar-refractivity contribution in [2.24, 2.45) is 0 Å². The fraction of sp³-hybridized carbons (Fsp3) is 0.526. The summed E-state index contributed by atoms with van der Waals surface area (Å²) in [5.74, 6) is 0.250. The van der Waals surface area contributed by atoms with Crippen LogP contribution in [-0.4, -0.2) is 94.9 Å². The van der Waals surface area contributed by atoms with Crippen LogP contribution in [0.2, 0.25) is 0 Å². The highest BCUT2D eigenvalue weighted by molar-refractivity contribution is 5.79. The molecule has 2 fully saturated rings. The Balaban J connectivity index is 1.25. The lowest BCUT2D eigenvalue weighted by Crippen LogP contribution is -2.52. The summed E-state index contributed by atoms with van der Waals surface area (Å²) in [6, 6.07) is 5.81. The fourth-order valence-corrected chi connectivity index (χ4v) is 3.60. The molecular weight excluding hydrogens is 346 g/mol. The average molecular weight is 371 g/mol. The second kappa shape index (κ2) is 8.06. The van der Waals surface area contributed by atoms with Crippen LogP contribution in [0.5, 0.6) is 0 Å². The van der Waals surface area contributed by atoms with Gasteiger partial charge in [-0.1, -0.05) is 6.07 Å². The first-order valence-corrected chi connectivity index (χ1v) is 9.47. The summed E-state index contributed by atoms with van der Waals surface area (Å²) in [6.07, 6.45) is 4.15. The van der Waals surface area contributed by atoms with E-state index in [9.17, 15) is 9.59 Å². The van der Waals surface area contributed by atoms with Crippen molar-refractivity contribution in [3.8, 4) is 0 Å². The zero-order valence-corrected chi connectivity index (χ0v) is 15.4. The van der Waals surface area contributed by atoms with Gasteiger partial charge in [0.2, 0.25) is 11.8 Å². The topological polar surface area (TPSA) is 70.4 Å². The molecule has 2 aromatic rings. The van der Waals surface area contributed by atoms with Gasteiger partial charge in [-0.2, -0.15) is 0 Å². The Bertz CT molecular complexity index is 774. The number of hydrogen-bond donors (Lipinski definition) is 0. The molecule has 4 heterocycles. The van der Waals surface area contributed by atoms with E-state index in [1.165, 1.54) is 0 Å². The molecule has 0 spiro atoms. The molecule has 0 saturated carbocycles. The number of rotatable bonds is 4. The molecule has 4 rings (SSSR count). The first kappa shape index (κ1) is 17.9. The predicted molar refractivity (Wildman–Crippen MR) is 99.3 cm³/mol. The van der Waals surface area contributed by atoms with Crippen LogP contribution >= 0.6 is 0 Å². The lowest BCUT2D eigenvalue weighted by Gasteiger charge is -2.36. The van der Waals surface area contributed by atoms with Gasteiger partial charge in [-0.05, 0) is 12.1 Å². The number of carbonyl (C=O) groups excluding carboxylic acids is 2. The maximum absolute atomic E-state index is 12.6. The third kappa shape index (κ3) is 4.28. The van der Waals surface area contributed by atoms with Crippen molar-refractivity contribution in [2.45, 2.75) is 6.42 Å². The number of imidazole rings is 1. The highest BCUT2D eigenvalue weighted by Crippen LogP contribution is 2.09. The second-order valence-electron chi connectivity index (χ2n) is 7.03. The summed E-state index contributed by atoms with van der Waals surface area (Å²) < 4.78 is 7.22. The summed E-state index contributed by atoms with van der Waals surface area (Å²) in [7, 11) is 0. The summed E-state index contributed by atoms with van der Waals surface area (Å²) >= 11 is 0. The van der Waals surface area contributed by atoms with E-state index in [1.807, 2.05) is 44.8 Å². The summed E-state index contributed by atoms with van der Waals surface area (Å²) in [5, 5.41) is 0. The zero-order valence-electron chi connectivity index (χ0n) is 15.4. The molecule has 0 atom stereocenters. The third-order valence-corrected chi connectivity index (χ3v) is 5.19. The summed E-state index contributed by atoms with van der Waals surface area (Å²) in [5.41, 5.74) is 1.64. The van der Waals surface area contributed by atoms with Crippen molar-refractivity contribution >= 4 is 17.5 Å². The van der Waals surface area contributed by atoms with Gasteiger partial charge in [0.25, 0.3) is 0 Å². The molecule has 0 aromatic carbocycles. The minimum atomic E-state index is 0.0950. The van der Waals surface area contributed by atoms with E-state index in [0.717, 1.165) is 24.4 Å². The number of amides is 2. The van der Waals surface area contributed by atoms with Gasteiger partial charge in [0.05, 0.1) is 31.9 Å². The first-order chi connectivity index (χ1) is 13.2. The highest BCUT2D eigenvalue weighted by atomic mass is 16.5. The predicted octanol–water partition coefficient (Wildman–Crippen LogP) is -0.120. The number of nitrogens with zero attached hydrogens (tertiary/aromatic N) is 5. The van der Waals surface area contributed by atoms with Gasteiger partial charge in [-0.25, -0.2) is 4.98 Å². The molecule has 0 radical (unpaired) electrons. The molecule has 144 valence electrons. The van der Waals surface area contributed by atoms with Crippen LogP contribution in [-0.2, 0) is 20.7 Å². The maximum Gasteiger partial charge on any atom is 0.236 e. The Labute approximate surface area is 158 Å². The Morgan fingerprint density at radius 3 is 2.44 bits per heavy atom. The summed E-state index contributed by atoms with van der Waals surface area (Å²) in [6.45, 7) is 5.79. The first-order valence-electron chi connectivity index (χ1n) is 9.47. The number of aromatic nitrogens is 2. The van der Waals surface area contributed by atoms with Gasteiger partial charge in [0, 0.05) is 51.7 Å². The van der Waals surface area contributed by atoms with Crippen LogP contribution in [0.1, 0.15) is 5.69 Å². The van der Waals surface area contributed by atoms with Gasteiger partial charge in [-0.15, -0.1) is 0 Å². The number of hydrogen-bond acceptors (Lipinski definition) is 5. The van der Waals surface area contributed by atoms with Gasteiger partial charge < -0.3 is 18.9 Å². The molecule has 0 unspecified atom stereocenters. The Hall–Kier alpha value is -2.45. The third-order valence-electron chi connectivity index (χ3n) is 5.19.